The maximum Gasteiger partial charge on any atom is 0.195 e. The number of ketones is 1. The lowest BCUT2D eigenvalue weighted by molar-refractivity contribution is 0.0747. The number of rotatable bonds is 4. The smallest absolute Gasteiger partial charge is 0.195 e. The van der Waals surface area contributed by atoms with Crippen molar-refractivity contribution in [3.63, 3.8) is 0 Å². The van der Waals surface area contributed by atoms with E-state index in [0.717, 1.165) is 0 Å². The zero-order valence-corrected chi connectivity index (χ0v) is 12.8. The van der Waals surface area contributed by atoms with Gasteiger partial charge in [0, 0.05) is 5.56 Å². The summed E-state index contributed by atoms with van der Waals surface area (Å²) in [6.45, 7) is 0. The Kier molecular flexibility index (Phi) is 4.48. The van der Waals surface area contributed by atoms with E-state index < -0.39 is 6.10 Å². The molecule has 0 saturated carbocycles. The maximum absolute atomic E-state index is 12.2. The van der Waals surface area contributed by atoms with Crippen LogP contribution in [0.25, 0.3) is 0 Å². The topological polar surface area (TPSA) is 37.3 Å². The van der Waals surface area contributed by atoms with E-state index in [4.69, 9.17) is 0 Å². The first-order valence-corrected chi connectivity index (χ1v) is 8.47. The fraction of sp³-hybridized carbons (Fsp3) is 0.118. The molecule has 2 nitrogen and oxygen atoms in total. The van der Waals surface area contributed by atoms with Gasteiger partial charge in [0.2, 0.25) is 0 Å². The Bertz CT molecular complexity index is 642. The summed E-state index contributed by atoms with van der Waals surface area (Å²) < 4.78 is 0.376. The molecule has 0 fully saturated rings. The number of carbonyl (C=O) groups excluding carboxylic acids is 1. The molecule has 21 heavy (non-hydrogen) atoms. The first-order valence-electron chi connectivity index (χ1n) is 6.59. The van der Waals surface area contributed by atoms with Crippen molar-refractivity contribution in [3.05, 3.63) is 82.1 Å². The van der Waals surface area contributed by atoms with Gasteiger partial charge in [-0.1, -0.05) is 54.6 Å². The van der Waals surface area contributed by atoms with E-state index >= 15 is 0 Å². The third kappa shape index (κ3) is 3.23. The third-order valence-corrected chi connectivity index (χ3v) is 5.76. The number of hydrogen-bond donors (Lipinski definition) is 1. The molecule has 0 amide bonds. The summed E-state index contributed by atoms with van der Waals surface area (Å²) in [5, 5.41) is 14.4. The zero-order valence-electron chi connectivity index (χ0n) is 11.2. The normalized spacial score (nSPS) is 16.0. The van der Waals surface area contributed by atoms with Crippen molar-refractivity contribution in [3.8, 4) is 0 Å². The predicted octanol–water partition coefficient (Wildman–Crippen LogP) is 4.55. The Morgan fingerprint density at radius 3 is 2.19 bits per heavy atom. The summed E-state index contributed by atoms with van der Waals surface area (Å²) in [5.74, 6) is -0.269. The van der Waals surface area contributed by atoms with Crippen molar-refractivity contribution in [2.24, 2.45) is 0 Å². The first kappa shape index (κ1) is 14.4. The number of thioether (sulfide) groups is 2. The van der Waals surface area contributed by atoms with Crippen LogP contribution in [0.3, 0.4) is 0 Å². The highest BCUT2D eigenvalue weighted by molar-refractivity contribution is 8.21. The molecule has 0 aromatic heterocycles. The molecular weight excluding hydrogens is 300 g/mol. The van der Waals surface area contributed by atoms with Gasteiger partial charge in [0.15, 0.2) is 5.78 Å². The van der Waals surface area contributed by atoms with Crippen molar-refractivity contribution in [1.29, 1.82) is 0 Å². The van der Waals surface area contributed by atoms with Gasteiger partial charge in [-0.3, -0.25) is 4.79 Å². The molecule has 2 aromatic rings. The Morgan fingerprint density at radius 2 is 1.57 bits per heavy atom. The highest BCUT2D eigenvalue weighted by Crippen LogP contribution is 2.46. The van der Waals surface area contributed by atoms with Crippen LogP contribution in [0, 0.1) is 0 Å². The molecule has 1 atom stereocenters. The lowest BCUT2D eigenvalue weighted by Crippen LogP contribution is -2.12. The minimum atomic E-state index is -1.11. The molecule has 1 heterocycles. The summed E-state index contributed by atoms with van der Waals surface area (Å²) in [6, 6.07) is 16.5. The molecule has 1 N–H and O–H groups in total. The summed E-state index contributed by atoms with van der Waals surface area (Å²) in [5.41, 5.74) is 2.35. The van der Waals surface area contributed by atoms with Crippen LogP contribution in [0.1, 0.15) is 32.2 Å². The van der Waals surface area contributed by atoms with Crippen LogP contribution in [0.5, 0.6) is 0 Å². The van der Waals surface area contributed by atoms with Gasteiger partial charge in [-0.2, -0.15) is 0 Å². The van der Waals surface area contributed by atoms with Gasteiger partial charge in [-0.15, -0.1) is 23.5 Å². The van der Waals surface area contributed by atoms with Gasteiger partial charge in [-0.05, 0) is 21.9 Å². The molecular formula is C17H14O2S2. The van der Waals surface area contributed by atoms with E-state index in [2.05, 4.69) is 10.8 Å². The molecule has 1 unspecified atom stereocenters. The van der Waals surface area contributed by atoms with Crippen molar-refractivity contribution in [1.82, 2.24) is 0 Å². The van der Waals surface area contributed by atoms with Gasteiger partial charge in [0.1, 0.15) is 6.10 Å². The number of benzene rings is 2. The maximum atomic E-state index is 12.2. The molecule has 1 aliphatic heterocycles. The SMILES string of the molecule is O=C(c1ccccc1)C(O)c1ccc(C2SC=CS2)cc1. The minimum absolute atomic E-state index is 0.269. The largest absolute Gasteiger partial charge is 0.380 e. The van der Waals surface area contributed by atoms with Crippen molar-refractivity contribution in [2.45, 2.75) is 10.7 Å². The van der Waals surface area contributed by atoms with Crippen LogP contribution in [0.2, 0.25) is 0 Å². The number of carbonyl (C=O) groups is 1. The van der Waals surface area contributed by atoms with Crippen LogP contribution in [-0.2, 0) is 0 Å². The van der Waals surface area contributed by atoms with Gasteiger partial charge >= 0.3 is 0 Å². The monoisotopic (exact) mass is 314 g/mol. The number of aliphatic hydroxyl groups excluding tert-OH is 1. The molecule has 4 heteroatoms. The number of hydrogen-bond acceptors (Lipinski definition) is 4. The average Bonchev–Trinajstić information content (AvgIpc) is 3.09. The number of Topliss-reactive ketones (excluding diaryl/α,β-unsaturated/α-hetero) is 1. The standard InChI is InChI=1S/C17H14O2S2/c18-15(12-4-2-1-3-5-12)16(19)13-6-8-14(9-7-13)17-20-10-11-21-17/h1-11,16-17,19H. The van der Waals surface area contributed by atoms with E-state index in [1.54, 1.807) is 47.8 Å². The second kappa shape index (κ2) is 6.52. The average molecular weight is 314 g/mol. The predicted molar refractivity (Wildman–Crippen MR) is 89.2 cm³/mol. The summed E-state index contributed by atoms with van der Waals surface area (Å²) in [4.78, 5) is 12.2. The van der Waals surface area contributed by atoms with Crippen molar-refractivity contribution >= 4 is 29.3 Å². The molecule has 0 aliphatic carbocycles. The lowest BCUT2D eigenvalue weighted by Gasteiger charge is -2.12. The fourth-order valence-electron chi connectivity index (χ4n) is 2.14. The molecule has 0 bridgehead atoms. The first-order chi connectivity index (χ1) is 10.3. The molecule has 3 rings (SSSR count). The van der Waals surface area contributed by atoms with Crippen LogP contribution >= 0.6 is 23.5 Å². The van der Waals surface area contributed by atoms with Crippen molar-refractivity contribution in [2.75, 3.05) is 0 Å². The van der Waals surface area contributed by atoms with Gasteiger partial charge in [0.25, 0.3) is 0 Å². The summed E-state index contributed by atoms with van der Waals surface area (Å²) in [7, 11) is 0. The minimum Gasteiger partial charge on any atom is -0.380 e. The summed E-state index contributed by atoms with van der Waals surface area (Å²) >= 11 is 3.53. The van der Waals surface area contributed by atoms with Crippen LogP contribution in [0.15, 0.2) is 65.4 Å². The number of aliphatic hydroxyl groups is 1. The molecule has 0 spiro atoms. The van der Waals surface area contributed by atoms with Crippen LogP contribution in [-0.4, -0.2) is 10.9 Å². The third-order valence-electron chi connectivity index (χ3n) is 3.29. The second-order valence-corrected chi connectivity index (χ2v) is 7.01. The molecule has 0 radical (unpaired) electrons. The van der Waals surface area contributed by atoms with E-state index in [0.29, 0.717) is 15.7 Å². The van der Waals surface area contributed by atoms with E-state index in [-0.39, 0.29) is 5.78 Å². The van der Waals surface area contributed by atoms with Gasteiger partial charge in [-0.25, -0.2) is 0 Å². The Morgan fingerprint density at radius 1 is 0.952 bits per heavy atom. The van der Waals surface area contributed by atoms with Crippen LogP contribution in [0.4, 0.5) is 0 Å². The molecule has 0 saturated heterocycles. The van der Waals surface area contributed by atoms with Crippen molar-refractivity contribution < 1.29 is 9.90 Å². The van der Waals surface area contributed by atoms with E-state index in [1.807, 2.05) is 30.3 Å². The zero-order chi connectivity index (χ0) is 14.7. The Labute approximate surface area is 132 Å². The van der Waals surface area contributed by atoms with Gasteiger partial charge < -0.3 is 5.11 Å². The highest BCUT2D eigenvalue weighted by atomic mass is 32.2. The van der Waals surface area contributed by atoms with E-state index in [1.165, 1.54) is 5.56 Å². The van der Waals surface area contributed by atoms with Gasteiger partial charge in [0.05, 0.1) is 4.58 Å². The summed E-state index contributed by atoms with van der Waals surface area (Å²) in [6.07, 6.45) is -1.11. The quantitative estimate of drug-likeness (QED) is 0.840. The highest BCUT2D eigenvalue weighted by Gasteiger charge is 2.20. The van der Waals surface area contributed by atoms with E-state index in [9.17, 15) is 9.90 Å². The lowest BCUT2D eigenvalue weighted by atomic mass is 9.99. The molecule has 1 aliphatic rings. The second-order valence-electron chi connectivity index (χ2n) is 4.68. The molecule has 106 valence electrons. The Balaban J connectivity index is 1.75. The van der Waals surface area contributed by atoms with Crippen LogP contribution < -0.4 is 0 Å². The Hall–Kier alpha value is -1.49. The molecule has 2 aromatic carbocycles. The fourth-order valence-corrected chi connectivity index (χ4v) is 4.21.